The van der Waals surface area contributed by atoms with Crippen LogP contribution in [0.3, 0.4) is 0 Å². The second kappa shape index (κ2) is 6.36. The number of fused-ring (bicyclic) bond motifs is 1. The minimum Gasteiger partial charge on any atom is -0.267 e. The highest BCUT2D eigenvalue weighted by molar-refractivity contribution is 5.78. The summed E-state index contributed by atoms with van der Waals surface area (Å²) in [6.07, 6.45) is -3.49. The van der Waals surface area contributed by atoms with Crippen molar-refractivity contribution in [1.29, 1.82) is 5.26 Å². The lowest BCUT2D eigenvalue weighted by Gasteiger charge is -2.12. The fraction of sp³-hybridized carbons (Fsp3) is 0.176. The van der Waals surface area contributed by atoms with Crippen molar-refractivity contribution in [2.45, 2.75) is 19.1 Å². The molecule has 0 unspecified atom stereocenters. The minimum absolute atomic E-state index is 0.100. The first-order chi connectivity index (χ1) is 11.9. The topological polar surface area (TPSA) is 71.6 Å². The molecule has 1 aromatic carbocycles. The molecule has 0 aliphatic heterocycles. The number of pyridine rings is 1. The lowest BCUT2D eigenvalue weighted by atomic mass is 10.1. The van der Waals surface area contributed by atoms with Crippen LogP contribution >= 0.6 is 0 Å². The molecule has 0 radical (unpaired) electrons. The van der Waals surface area contributed by atoms with Gasteiger partial charge in [-0.1, -0.05) is 12.1 Å². The van der Waals surface area contributed by atoms with E-state index in [1.807, 2.05) is 6.07 Å². The van der Waals surface area contributed by atoms with Gasteiger partial charge in [-0.2, -0.15) is 23.5 Å². The van der Waals surface area contributed by atoms with Crippen molar-refractivity contribution < 1.29 is 13.2 Å². The van der Waals surface area contributed by atoms with Gasteiger partial charge in [-0.15, -0.1) is 0 Å². The fourth-order valence-corrected chi connectivity index (χ4v) is 2.47. The molecule has 8 heteroatoms. The van der Waals surface area contributed by atoms with Gasteiger partial charge in [-0.05, 0) is 29.8 Å². The molecular formula is C17H11F3N4O. The average molecular weight is 344 g/mol. The third-order valence-electron chi connectivity index (χ3n) is 3.59. The van der Waals surface area contributed by atoms with Crippen LogP contribution in [0, 0.1) is 11.3 Å². The van der Waals surface area contributed by atoms with E-state index in [9.17, 15) is 18.0 Å². The van der Waals surface area contributed by atoms with Gasteiger partial charge in [-0.3, -0.25) is 9.78 Å². The standard InChI is InChI=1S/C17H11F3N4O/c18-17(19,20)14-9-13(5-6-21)23-24(16(14)25)10-11-3-4-15-12(8-11)2-1-7-22-15/h1-4,7-9H,5,10H2. The molecule has 2 heterocycles. The smallest absolute Gasteiger partial charge is 0.267 e. The Labute approximate surface area is 140 Å². The third-order valence-corrected chi connectivity index (χ3v) is 3.59. The van der Waals surface area contributed by atoms with E-state index in [1.54, 1.807) is 36.5 Å². The maximum absolute atomic E-state index is 13.1. The molecule has 5 nitrogen and oxygen atoms in total. The minimum atomic E-state index is -4.81. The molecule has 0 fully saturated rings. The molecule has 126 valence electrons. The lowest BCUT2D eigenvalue weighted by Crippen LogP contribution is -2.31. The van der Waals surface area contributed by atoms with Gasteiger partial charge in [0.2, 0.25) is 0 Å². The highest BCUT2D eigenvalue weighted by atomic mass is 19.4. The molecule has 0 saturated heterocycles. The molecule has 0 N–H and O–H groups in total. The van der Waals surface area contributed by atoms with Crippen molar-refractivity contribution in [2.75, 3.05) is 0 Å². The zero-order chi connectivity index (χ0) is 18.0. The molecule has 0 bridgehead atoms. The summed E-state index contributed by atoms with van der Waals surface area (Å²) in [5.74, 6) is 0. The van der Waals surface area contributed by atoms with Crippen molar-refractivity contribution in [3.63, 3.8) is 0 Å². The first-order valence-corrected chi connectivity index (χ1v) is 7.27. The Morgan fingerprint density at radius 3 is 2.72 bits per heavy atom. The molecule has 25 heavy (non-hydrogen) atoms. The number of alkyl halides is 3. The van der Waals surface area contributed by atoms with Gasteiger partial charge in [0.25, 0.3) is 5.56 Å². The van der Waals surface area contributed by atoms with E-state index in [-0.39, 0.29) is 18.7 Å². The summed E-state index contributed by atoms with van der Waals surface area (Å²) in [7, 11) is 0. The van der Waals surface area contributed by atoms with E-state index >= 15 is 0 Å². The highest BCUT2D eigenvalue weighted by Crippen LogP contribution is 2.26. The predicted molar refractivity (Wildman–Crippen MR) is 83.7 cm³/mol. The van der Waals surface area contributed by atoms with Crippen molar-refractivity contribution in [1.82, 2.24) is 14.8 Å². The SMILES string of the molecule is N#CCc1cc(C(F)(F)F)c(=O)n(Cc2ccc3ncccc3c2)n1. The van der Waals surface area contributed by atoms with Crippen LogP contribution < -0.4 is 5.56 Å². The monoisotopic (exact) mass is 344 g/mol. The van der Waals surface area contributed by atoms with Crippen LogP contribution in [0.15, 0.2) is 47.4 Å². The summed E-state index contributed by atoms with van der Waals surface area (Å²) in [6.45, 7) is -0.133. The van der Waals surface area contributed by atoms with Gasteiger partial charge >= 0.3 is 6.18 Å². The van der Waals surface area contributed by atoms with E-state index in [0.717, 1.165) is 15.6 Å². The number of halogens is 3. The van der Waals surface area contributed by atoms with Gasteiger partial charge in [-0.25, -0.2) is 4.68 Å². The Kier molecular flexibility index (Phi) is 4.23. The Morgan fingerprint density at radius 2 is 2.00 bits per heavy atom. The highest BCUT2D eigenvalue weighted by Gasteiger charge is 2.35. The summed E-state index contributed by atoms with van der Waals surface area (Å²) in [5.41, 5.74) is -1.31. The molecule has 0 amide bonds. The van der Waals surface area contributed by atoms with Gasteiger partial charge in [0.15, 0.2) is 0 Å². The maximum Gasteiger partial charge on any atom is 0.421 e. The van der Waals surface area contributed by atoms with Crippen molar-refractivity contribution in [3.8, 4) is 6.07 Å². The van der Waals surface area contributed by atoms with E-state index in [1.165, 1.54) is 0 Å². The zero-order valence-electron chi connectivity index (χ0n) is 12.8. The van der Waals surface area contributed by atoms with Crippen LogP contribution in [-0.2, 0) is 19.1 Å². The summed E-state index contributed by atoms with van der Waals surface area (Å²) in [5, 5.41) is 13.4. The molecule has 0 atom stereocenters. The Bertz CT molecular complexity index is 1030. The second-order valence-corrected chi connectivity index (χ2v) is 5.38. The van der Waals surface area contributed by atoms with Crippen LogP contribution in [0.25, 0.3) is 10.9 Å². The Morgan fingerprint density at radius 1 is 1.20 bits per heavy atom. The van der Waals surface area contributed by atoms with Crippen molar-refractivity contribution in [3.05, 3.63) is 69.8 Å². The van der Waals surface area contributed by atoms with Crippen molar-refractivity contribution >= 4 is 10.9 Å². The molecular weight excluding hydrogens is 333 g/mol. The van der Waals surface area contributed by atoms with E-state index < -0.39 is 17.3 Å². The average Bonchev–Trinajstić information content (AvgIpc) is 2.57. The largest absolute Gasteiger partial charge is 0.421 e. The third kappa shape index (κ3) is 3.50. The summed E-state index contributed by atoms with van der Waals surface area (Å²) < 4.78 is 39.9. The Hall–Kier alpha value is -3.21. The number of aromatic nitrogens is 3. The molecule has 0 saturated carbocycles. The van der Waals surface area contributed by atoms with Gasteiger partial charge in [0, 0.05) is 11.6 Å². The molecule has 3 aromatic rings. The molecule has 2 aromatic heterocycles. The van der Waals surface area contributed by atoms with Crippen LogP contribution in [0.2, 0.25) is 0 Å². The maximum atomic E-state index is 13.1. The normalized spacial score (nSPS) is 11.4. The number of nitrogens with zero attached hydrogens (tertiary/aromatic N) is 4. The molecule has 3 rings (SSSR count). The van der Waals surface area contributed by atoms with E-state index in [4.69, 9.17) is 5.26 Å². The molecule has 0 aliphatic carbocycles. The van der Waals surface area contributed by atoms with Crippen LogP contribution in [0.4, 0.5) is 13.2 Å². The number of rotatable bonds is 3. The number of hydrogen-bond acceptors (Lipinski definition) is 4. The fourth-order valence-electron chi connectivity index (χ4n) is 2.47. The first-order valence-electron chi connectivity index (χ1n) is 7.27. The van der Waals surface area contributed by atoms with Gasteiger partial charge in [0.1, 0.15) is 5.56 Å². The van der Waals surface area contributed by atoms with Crippen LogP contribution in [0.1, 0.15) is 16.8 Å². The quantitative estimate of drug-likeness (QED) is 0.732. The summed E-state index contributed by atoms with van der Waals surface area (Å²) in [6, 6.07) is 11.1. The number of hydrogen-bond donors (Lipinski definition) is 0. The van der Waals surface area contributed by atoms with Crippen LogP contribution in [-0.4, -0.2) is 14.8 Å². The summed E-state index contributed by atoms with van der Waals surface area (Å²) >= 11 is 0. The number of nitriles is 1. The number of benzene rings is 1. The van der Waals surface area contributed by atoms with E-state index in [2.05, 4.69) is 10.1 Å². The molecule has 0 aliphatic rings. The lowest BCUT2D eigenvalue weighted by molar-refractivity contribution is -0.139. The van der Waals surface area contributed by atoms with E-state index in [0.29, 0.717) is 11.6 Å². The zero-order valence-corrected chi connectivity index (χ0v) is 12.8. The van der Waals surface area contributed by atoms with Crippen LogP contribution in [0.5, 0.6) is 0 Å². The Balaban J connectivity index is 2.07. The van der Waals surface area contributed by atoms with Gasteiger partial charge in [0.05, 0.1) is 30.2 Å². The van der Waals surface area contributed by atoms with Crippen molar-refractivity contribution in [2.24, 2.45) is 0 Å². The second-order valence-electron chi connectivity index (χ2n) is 5.38. The first kappa shape index (κ1) is 16.6. The van der Waals surface area contributed by atoms with Gasteiger partial charge < -0.3 is 0 Å². The molecule has 0 spiro atoms. The summed E-state index contributed by atoms with van der Waals surface area (Å²) in [4.78, 5) is 16.3. The predicted octanol–water partition coefficient (Wildman–Crippen LogP) is 2.92.